The number of hydrogen-bond acceptors (Lipinski definition) is 10. The van der Waals surface area contributed by atoms with Gasteiger partial charge in [0.25, 0.3) is 5.90 Å². The van der Waals surface area contributed by atoms with Gasteiger partial charge in [-0.2, -0.15) is 0 Å². The predicted octanol–water partition coefficient (Wildman–Crippen LogP) is 4.36. The van der Waals surface area contributed by atoms with Crippen molar-refractivity contribution in [1.29, 1.82) is 0 Å². The molecule has 0 spiro atoms. The standard InChI is InChI=1S/C26H25N9O2/c1-14-9-17(6-8-20(14)37-24-15(2)23-34-29-13-35(23)12-28-24)30-21-18-10-16(27)5-7-19(18)31-22(32-21)25-33-26(3,4)11-36-25/h5-10,12-13H,11,27H2,1-4H3,(H,30,31,32). The minimum Gasteiger partial charge on any atom is -0.473 e. The number of nitrogens with one attached hydrogen (secondary N) is 1. The Morgan fingerprint density at radius 3 is 2.73 bits per heavy atom. The Hall–Kier alpha value is -4.80. The monoisotopic (exact) mass is 495 g/mol. The van der Waals surface area contributed by atoms with E-state index >= 15 is 0 Å². The van der Waals surface area contributed by atoms with Gasteiger partial charge >= 0.3 is 0 Å². The van der Waals surface area contributed by atoms with Gasteiger partial charge in [0.15, 0.2) is 5.65 Å². The molecule has 0 radical (unpaired) electrons. The Balaban J connectivity index is 1.33. The molecule has 0 amide bonds. The molecule has 11 nitrogen and oxygen atoms in total. The van der Waals surface area contributed by atoms with Gasteiger partial charge in [0.2, 0.25) is 11.7 Å². The number of benzene rings is 2. The molecule has 0 fully saturated rings. The fourth-order valence-electron chi connectivity index (χ4n) is 4.12. The van der Waals surface area contributed by atoms with Gasteiger partial charge in [-0.05, 0) is 69.7 Å². The highest BCUT2D eigenvalue weighted by Gasteiger charge is 2.29. The molecule has 4 heterocycles. The molecule has 0 bridgehead atoms. The second kappa shape index (κ2) is 8.40. The van der Waals surface area contributed by atoms with E-state index in [9.17, 15) is 0 Å². The molecular formula is C26H25N9O2. The molecule has 6 rings (SSSR count). The SMILES string of the molecule is Cc1cc(Nc2nc(C3=NC(C)(C)CO3)nc3ccc(N)cc23)ccc1Oc1ncn2cnnc2c1C. The van der Waals surface area contributed by atoms with Crippen LogP contribution in [0.1, 0.15) is 30.8 Å². The Bertz CT molecular complexity index is 1710. The lowest BCUT2D eigenvalue weighted by Crippen LogP contribution is -2.17. The maximum absolute atomic E-state index is 6.12. The number of rotatable bonds is 5. The number of nitrogen functional groups attached to an aromatic ring is 1. The van der Waals surface area contributed by atoms with Gasteiger partial charge in [0.05, 0.1) is 16.6 Å². The summed E-state index contributed by atoms with van der Waals surface area (Å²) in [4.78, 5) is 18.5. The van der Waals surface area contributed by atoms with Crippen molar-refractivity contribution in [2.24, 2.45) is 4.99 Å². The van der Waals surface area contributed by atoms with E-state index in [2.05, 4.69) is 30.5 Å². The molecule has 3 aromatic heterocycles. The molecule has 0 saturated heterocycles. The van der Waals surface area contributed by atoms with E-state index in [1.807, 2.05) is 64.1 Å². The number of nitrogens with two attached hydrogens (primary N) is 1. The van der Waals surface area contributed by atoms with Crippen LogP contribution in [0.5, 0.6) is 11.6 Å². The molecule has 0 saturated carbocycles. The first kappa shape index (κ1) is 22.7. The number of aryl methyl sites for hydroxylation is 2. The predicted molar refractivity (Wildman–Crippen MR) is 141 cm³/mol. The molecule has 0 aliphatic carbocycles. The van der Waals surface area contributed by atoms with E-state index in [0.717, 1.165) is 27.7 Å². The van der Waals surface area contributed by atoms with E-state index < -0.39 is 0 Å². The average Bonchev–Trinajstić information content (AvgIpc) is 3.49. The van der Waals surface area contributed by atoms with Crippen LogP contribution in [-0.4, -0.2) is 47.6 Å². The summed E-state index contributed by atoms with van der Waals surface area (Å²) in [7, 11) is 0. The Kier molecular flexibility index (Phi) is 5.14. The maximum atomic E-state index is 6.12. The quantitative estimate of drug-likeness (QED) is 0.341. The van der Waals surface area contributed by atoms with Gasteiger partial charge in [-0.3, -0.25) is 4.40 Å². The average molecular weight is 496 g/mol. The Labute approximate surface area is 212 Å². The van der Waals surface area contributed by atoms with Crippen molar-refractivity contribution in [3.8, 4) is 11.6 Å². The van der Waals surface area contributed by atoms with Crippen molar-refractivity contribution in [3.63, 3.8) is 0 Å². The van der Waals surface area contributed by atoms with E-state index in [1.54, 1.807) is 17.1 Å². The third kappa shape index (κ3) is 4.24. The smallest absolute Gasteiger partial charge is 0.255 e. The molecule has 2 aromatic carbocycles. The summed E-state index contributed by atoms with van der Waals surface area (Å²) in [6.07, 6.45) is 3.24. The first-order valence-corrected chi connectivity index (χ1v) is 11.8. The minimum absolute atomic E-state index is 0.318. The number of aromatic nitrogens is 6. The third-order valence-corrected chi connectivity index (χ3v) is 6.05. The third-order valence-electron chi connectivity index (χ3n) is 6.05. The number of hydrogen-bond donors (Lipinski definition) is 2. The van der Waals surface area contributed by atoms with Crippen LogP contribution in [-0.2, 0) is 4.74 Å². The number of ether oxygens (including phenoxy) is 2. The van der Waals surface area contributed by atoms with Gasteiger partial charge in [-0.15, -0.1) is 10.2 Å². The van der Waals surface area contributed by atoms with Gasteiger partial charge in [0.1, 0.15) is 30.8 Å². The van der Waals surface area contributed by atoms with Gasteiger partial charge < -0.3 is 20.5 Å². The first-order chi connectivity index (χ1) is 17.8. The fraction of sp³-hybridized carbons (Fsp3) is 0.231. The zero-order valence-corrected chi connectivity index (χ0v) is 20.9. The van der Waals surface area contributed by atoms with Crippen molar-refractivity contribution in [2.45, 2.75) is 33.2 Å². The van der Waals surface area contributed by atoms with Crippen LogP contribution in [0.3, 0.4) is 0 Å². The lowest BCUT2D eigenvalue weighted by molar-refractivity contribution is 0.278. The van der Waals surface area contributed by atoms with Crippen molar-refractivity contribution in [2.75, 3.05) is 17.7 Å². The lowest BCUT2D eigenvalue weighted by atomic mass is 10.1. The zero-order chi connectivity index (χ0) is 25.7. The van der Waals surface area contributed by atoms with Gasteiger partial charge in [-0.1, -0.05) is 0 Å². The van der Waals surface area contributed by atoms with Crippen LogP contribution in [0.15, 0.2) is 54.0 Å². The molecule has 1 aliphatic heterocycles. The number of nitrogens with zero attached hydrogens (tertiary/aromatic N) is 7. The second-order valence-corrected chi connectivity index (χ2v) is 9.63. The number of anilines is 3. The lowest BCUT2D eigenvalue weighted by Gasteiger charge is -2.14. The molecule has 1 aliphatic rings. The largest absolute Gasteiger partial charge is 0.473 e. The van der Waals surface area contributed by atoms with Gasteiger partial charge in [0, 0.05) is 16.8 Å². The molecule has 3 N–H and O–H groups in total. The summed E-state index contributed by atoms with van der Waals surface area (Å²) in [5.74, 6) is 2.61. The van der Waals surface area contributed by atoms with Crippen LogP contribution in [0.4, 0.5) is 17.2 Å². The molecule has 11 heteroatoms. The number of aliphatic imine (C=N–C) groups is 1. The van der Waals surface area contributed by atoms with Crippen LogP contribution in [0.2, 0.25) is 0 Å². The molecule has 0 atom stereocenters. The fourth-order valence-corrected chi connectivity index (χ4v) is 4.12. The maximum Gasteiger partial charge on any atom is 0.255 e. The number of fused-ring (bicyclic) bond motifs is 2. The molecular weight excluding hydrogens is 470 g/mol. The van der Waals surface area contributed by atoms with Crippen molar-refractivity contribution >= 4 is 39.6 Å². The van der Waals surface area contributed by atoms with Crippen LogP contribution in [0.25, 0.3) is 16.6 Å². The van der Waals surface area contributed by atoms with E-state index in [1.165, 1.54) is 0 Å². The minimum atomic E-state index is -0.318. The highest BCUT2D eigenvalue weighted by Crippen LogP contribution is 2.32. The van der Waals surface area contributed by atoms with E-state index in [0.29, 0.717) is 47.1 Å². The van der Waals surface area contributed by atoms with E-state index in [-0.39, 0.29) is 5.54 Å². The van der Waals surface area contributed by atoms with Crippen molar-refractivity contribution in [1.82, 2.24) is 29.5 Å². The normalized spacial score (nSPS) is 14.5. The van der Waals surface area contributed by atoms with Crippen LogP contribution < -0.4 is 15.8 Å². The topological polar surface area (TPSA) is 138 Å². The van der Waals surface area contributed by atoms with Crippen molar-refractivity contribution < 1.29 is 9.47 Å². The van der Waals surface area contributed by atoms with Crippen LogP contribution in [0, 0.1) is 13.8 Å². The summed E-state index contributed by atoms with van der Waals surface area (Å²) in [5, 5.41) is 12.2. The summed E-state index contributed by atoms with van der Waals surface area (Å²) in [6.45, 7) is 8.37. The Morgan fingerprint density at radius 1 is 1.08 bits per heavy atom. The summed E-state index contributed by atoms with van der Waals surface area (Å²) >= 11 is 0. The van der Waals surface area contributed by atoms with E-state index in [4.69, 9.17) is 20.2 Å². The summed E-state index contributed by atoms with van der Waals surface area (Å²) < 4.78 is 13.7. The summed E-state index contributed by atoms with van der Waals surface area (Å²) in [6, 6.07) is 11.3. The molecule has 37 heavy (non-hydrogen) atoms. The Morgan fingerprint density at radius 2 is 1.95 bits per heavy atom. The van der Waals surface area contributed by atoms with Crippen LogP contribution >= 0.6 is 0 Å². The molecule has 186 valence electrons. The highest BCUT2D eigenvalue weighted by molar-refractivity contribution is 5.98. The summed E-state index contributed by atoms with van der Waals surface area (Å²) in [5.41, 5.74) is 10.4. The highest BCUT2D eigenvalue weighted by atomic mass is 16.5. The molecule has 0 unspecified atom stereocenters. The van der Waals surface area contributed by atoms with Gasteiger partial charge in [-0.25, -0.2) is 19.9 Å². The molecule has 5 aromatic rings. The van der Waals surface area contributed by atoms with Crippen molar-refractivity contribution in [3.05, 3.63) is 66.0 Å². The second-order valence-electron chi connectivity index (χ2n) is 9.63. The zero-order valence-electron chi connectivity index (χ0n) is 20.9. The first-order valence-electron chi connectivity index (χ1n) is 11.8.